The molecule has 0 fully saturated rings. The largest absolute Gasteiger partial charge is 0.493 e. The maximum absolute atomic E-state index is 13.4. The number of Topliss-reactive ketones (excluding diaryl/α,β-unsaturated/α-hetero) is 1. The van der Waals surface area contributed by atoms with Gasteiger partial charge in [-0.2, -0.15) is 0 Å². The minimum atomic E-state index is -0.204. The number of nitrogens with zero attached hydrogens (tertiary/aromatic N) is 1. The highest BCUT2D eigenvalue weighted by atomic mass is 16.5. The topological polar surface area (TPSA) is 84.9 Å². The van der Waals surface area contributed by atoms with Crippen LogP contribution >= 0.6 is 0 Å². The number of fused-ring (bicyclic) bond motifs is 2. The zero-order valence-corrected chi connectivity index (χ0v) is 22.9. The van der Waals surface area contributed by atoms with Gasteiger partial charge < -0.3 is 33.2 Å². The molecule has 2 heterocycles. The lowest BCUT2D eigenvalue weighted by Gasteiger charge is -2.30. The summed E-state index contributed by atoms with van der Waals surface area (Å²) >= 11 is 0. The molecule has 0 saturated carbocycles. The van der Waals surface area contributed by atoms with E-state index >= 15 is 0 Å². The number of rotatable bonds is 8. The third-order valence-electron chi connectivity index (χ3n) is 6.88. The van der Waals surface area contributed by atoms with Crippen molar-refractivity contribution >= 4 is 11.9 Å². The van der Waals surface area contributed by atoms with Crippen molar-refractivity contribution in [3.63, 3.8) is 0 Å². The monoisotopic (exact) mass is 533 g/mol. The summed E-state index contributed by atoms with van der Waals surface area (Å²) in [5.74, 6) is 4.02. The van der Waals surface area contributed by atoms with Crippen molar-refractivity contribution < 1.29 is 38.0 Å². The third-order valence-corrected chi connectivity index (χ3v) is 6.88. The molecule has 3 aromatic carbocycles. The quantitative estimate of drug-likeness (QED) is 0.371. The van der Waals surface area contributed by atoms with Crippen LogP contribution in [0.1, 0.15) is 32.6 Å². The second kappa shape index (κ2) is 10.8. The first-order valence-corrected chi connectivity index (χ1v) is 12.4. The summed E-state index contributed by atoms with van der Waals surface area (Å²) in [6.07, 6.45) is 1.66. The van der Waals surface area contributed by atoms with E-state index in [0.717, 1.165) is 22.4 Å². The van der Waals surface area contributed by atoms with Crippen LogP contribution in [-0.4, -0.2) is 53.0 Å². The van der Waals surface area contributed by atoms with E-state index < -0.39 is 0 Å². The molecule has 0 aromatic heterocycles. The van der Waals surface area contributed by atoms with Crippen molar-refractivity contribution in [2.24, 2.45) is 0 Å². The van der Waals surface area contributed by atoms with Crippen molar-refractivity contribution in [1.82, 2.24) is 4.90 Å². The van der Waals surface area contributed by atoms with Crippen molar-refractivity contribution in [1.29, 1.82) is 0 Å². The number of carbonyl (C=O) groups is 1. The van der Waals surface area contributed by atoms with Gasteiger partial charge in [-0.15, -0.1) is 0 Å². The fourth-order valence-electron chi connectivity index (χ4n) is 5.01. The van der Waals surface area contributed by atoms with Crippen LogP contribution in [0.25, 0.3) is 6.08 Å². The van der Waals surface area contributed by atoms with Gasteiger partial charge in [0, 0.05) is 29.8 Å². The number of ether oxygens (including phenoxy) is 7. The minimum Gasteiger partial charge on any atom is -0.493 e. The van der Waals surface area contributed by atoms with Crippen molar-refractivity contribution in [2.75, 3.05) is 42.3 Å². The van der Waals surface area contributed by atoms with Gasteiger partial charge in [0.2, 0.25) is 11.5 Å². The molecule has 0 radical (unpaired) electrons. The van der Waals surface area contributed by atoms with E-state index in [1.54, 1.807) is 39.5 Å². The van der Waals surface area contributed by atoms with Gasteiger partial charge in [0.15, 0.2) is 28.8 Å². The number of hydrogen-bond donors (Lipinski definition) is 0. The van der Waals surface area contributed by atoms with E-state index in [0.29, 0.717) is 65.4 Å². The normalized spacial score (nSPS) is 15.2. The van der Waals surface area contributed by atoms with E-state index in [2.05, 4.69) is 4.90 Å². The van der Waals surface area contributed by atoms with E-state index in [4.69, 9.17) is 33.2 Å². The minimum absolute atomic E-state index is 0.197. The van der Waals surface area contributed by atoms with E-state index in [-0.39, 0.29) is 11.5 Å². The Hall–Kier alpha value is -4.37. The molecular formula is C30H31NO8. The summed E-state index contributed by atoms with van der Waals surface area (Å²) in [6, 6.07) is 11.3. The van der Waals surface area contributed by atoms with Crippen molar-refractivity contribution in [3.05, 3.63) is 70.0 Å². The molecule has 2 aliphatic heterocycles. The zero-order valence-electron chi connectivity index (χ0n) is 22.9. The van der Waals surface area contributed by atoms with Crippen LogP contribution in [0.5, 0.6) is 40.2 Å². The average molecular weight is 534 g/mol. The Labute approximate surface area is 227 Å². The Kier molecular flexibility index (Phi) is 7.26. The number of carbonyl (C=O) groups excluding carboxylic acids is 1. The summed E-state index contributed by atoms with van der Waals surface area (Å²) in [5.41, 5.74) is 3.93. The lowest BCUT2D eigenvalue weighted by Crippen LogP contribution is -2.32. The SMILES string of the molecule is COc1ccc(CN2COc3c(cc4c(c3C)O/C(=C\c3ccc(OC)c(OC)c3OC)C4=O)C2)cc1OC. The standard InChI is InChI=1S/C30H31NO8/c1-17-27-20(15-31(16-38-27)14-18-7-9-22(33-2)24(11-18)35-4)12-21-26(32)25(39-28(17)21)13-19-8-10-23(34-3)30(37-6)29(19)36-5/h7-13H,14-16H2,1-6H3/b25-13-. The number of methoxy groups -OCH3 is 5. The molecule has 9 heteroatoms. The maximum Gasteiger partial charge on any atom is 0.231 e. The smallest absolute Gasteiger partial charge is 0.231 e. The van der Waals surface area contributed by atoms with Crippen molar-refractivity contribution in [3.8, 4) is 40.2 Å². The molecule has 0 N–H and O–H groups in total. The van der Waals surface area contributed by atoms with Gasteiger partial charge in [-0.25, -0.2) is 0 Å². The predicted molar refractivity (Wildman–Crippen MR) is 145 cm³/mol. The molecule has 0 aliphatic carbocycles. The lowest BCUT2D eigenvalue weighted by molar-refractivity contribution is 0.0876. The molecule has 0 saturated heterocycles. The number of hydrogen-bond acceptors (Lipinski definition) is 9. The highest BCUT2D eigenvalue weighted by Gasteiger charge is 2.34. The number of benzene rings is 3. The van der Waals surface area contributed by atoms with Crippen LogP contribution in [0.3, 0.4) is 0 Å². The molecule has 5 rings (SSSR count). The first-order valence-electron chi connectivity index (χ1n) is 12.4. The Balaban J connectivity index is 1.42. The molecule has 2 aliphatic rings. The molecule has 0 atom stereocenters. The van der Waals surface area contributed by atoms with E-state index in [1.165, 1.54) is 14.2 Å². The van der Waals surface area contributed by atoms with Gasteiger partial charge >= 0.3 is 0 Å². The molecule has 3 aromatic rings. The van der Waals surface area contributed by atoms with Gasteiger partial charge in [-0.3, -0.25) is 9.69 Å². The first-order chi connectivity index (χ1) is 18.9. The van der Waals surface area contributed by atoms with Crippen LogP contribution in [-0.2, 0) is 13.1 Å². The lowest BCUT2D eigenvalue weighted by atomic mass is 9.99. The maximum atomic E-state index is 13.4. The third kappa shape index (κ3) is 4.70. The summed E-state index contributed by atoms with van der Waals surface area (Å²) in [4.78, 5) is 15.6. The average Bonchev–Trinajstić information content (AvgIpc) is 3.27. The van der Waals surface area contributed by atoms with Crippen LogP contribution in [0.2, 0.25) is 0 Å². The fraction of sp³-hybridized carbons (Fsp3) is 0.300. The highest BCUT2D eigenvalue weighted by molar-refractivity contribution is 6.15. The van der Waals surface area contributed by atoms with Gasteiger partial charge in [0.05, 0.1) is 41.1 Å². The number of allylic oxidation sites excluding steroid dienone is 1. The van der Waals surface area contributed by atoms with Crippen LogP contribution in [0.4, 0.5) is 0 Å². The van der Waals surface area contributed by atoms with E-state index in [9.17, 15) is 4.79 Å². The predicted octanol–water partition coefficient (Wildman–Crippen LogP) is 5.01. The molecule has 0 bridgehead atoms. The molecule has 0 amide bonds. The van der Waals surface area contributed by atoms with Crippen LogP contribution in [0.15, 0.2) is 42.2 Å². The van der Waals surface area contributed by atoms with Crippen LogP contribution < -0.4 is 33.2 Å². The van der Waals surface area contributed by atoms with E-state index in [1.807, 2.05) is 31.2 Å². The molecular weight excluding hydrogens is 502 g/mol. The molecule has 0 unspecified atom stereocenters. The molecule has 204 valence electrons. The Morgan fingerprint density at radius 1 is 0.846 bits per heavy atom. The van der Waals surface area contributed by atoms with Crippen LogP contribution in [0, 0.1) is 6.92 Å². The van der Waals surface area contributed by atoms with Gasteiger partial charge in [0.1, 0.15) is 18.2 Å². The number of ketones is 1. The zero-order chi connectivity index (χ0) is 27.7. The Bertz CT molecular complexity index is 1460. The summed E-state index contributed by atoms with van der Waals surface area (Å²) in [5, 5.41) is 0. The molecule has 0 spiro atoms. The highest BCUT2D eigenvalue weighted by Crippen LogP contribution is 2.45. The van der Waals surface area contributed by atoms with Gasteiger partial charge in [0.25, 0.3) is 0 Å². The van der Waals surface area contributed by atoms with Crippen molar-refractivity contribution in [2.45, 2.75) is 20.0 Å². The summed E-state index contributed by atoms with van der Waals surface area (Å²) in [7, 11) is 7.86. The summed E-state index contributed by atoms with van der Waals surface area (Å²) < 4.78 is 39.4. The summed E-state index contributed by atoms with van der Waals surface area (Å²) in [6.45, 7) is 3.58. The first kappa shape index (κ1) is 26.2. The second-order valence-electron chi connectivity index (χ2n) is 9.18. The fourth-order valence-corrected chi connectivity index (χ4v) is 5.01. The van der Waals surface area contributed by atoms with Gasteiger partial charge in [-0.05, 0) is 48.9 Å². The Morgan fingerprint density at radius 2 is 1.56 bits per heavy atom. The molecule has 39 heavy (non-hydrogen) atoms. The molecule has 9 nitrogen and oxygen atoms in total. The Morgan fingerprint density at radius 3 is 2.26 bits per heavy atom. The van der Waals surface area contributed by atoms with Gasteiger partial charge in [-0.1, -0.05) is 6.07 Å². The second-order valence-corrected chi connectivity index (χ2v) is 9.18.